The van der Waals surface area contributed by atoms with Crippen LogP contribution in [-0.4, -0.2) is 11.7 Å². The second kappa shape index (κ2) is 5.35. The Morgan fingerprint density at radius 3 is 2.20 bits per heavy atom. The van der Waals surface area contributed by atoms with E-state index in [1.54, 1.807) is 0 Å². The molecule has 108 valence electrons. The topological polar surface area (TPSA) is 35.8 Å². The Labute approximate surface area is 116 Å². The molecule has 0 amide bonds. The minimum Gasteiger partial charge on any atom is -0.367 e. The lowest BCUT2D eigenvalue weighted by Crippen LogP contribution is -2.43. The molecular formula is C15H17F3N2. The summed E-state index contributed by atoms with van der Waals surface area (Å²) < 4.78 is 38.0. The fourth-order valence-corrected chi connectivity index (χ4v) is 2.62. The molecule has 1 saturated carbocycles. The molecule has 0 spiro atoms. The molecule has 0 bridgehead atoms. The molecule has 1 aliphatic carbocycles. The van der Waals surface area contributed by atoms with Crippen molar-refractivity contribution in [3.8, 4) is 6.07 Å². The van der Waals surface area contributed by atoms with Gasteiger partial charge in [0.15, 0.2) is 0 Å². The third-order valence-electron chi connectivity index (χ3n) is 3.95. The summed E-state index contributed by atoms with van der Waals surface area (Å²) in [6.07, 6.45) is -3.68. The maximum absolute atomic E-state index is 12.7. The van der Waals surface area contributed by atoms with Crippen molar-refractivity contribution in [3.05, 3.63) is 29.8 Å². The molecule has 1 N–H and O–H groups in total. The first-order chi connectivity index (χ1) is 9.35. The Morgan fingerprint density at radius 2 is 1.75 bits per heavy atom. The lowest BCUT2D eigenvalue weighted by atomic mass is 9.77. The zero-order chi connectivity index (χ0) is 14.8. The van der Waals surface area contributed by atoms with Crippen LogP contribution in [0.25, 0.3) is 0 Å². The van der Waals surface area contributed by atoms with E-state index in [9.17, 15) is 18.4 Å². The number of halogens is 3. The second-order valence-corrected chi connectivity index (χ2v) is 5.50. The Kier molecular flexibility index (Phi) is 3.94. The molecule has 0 radical (unpaired) electrons. The van der Waals surface area contributed by atoms with E-state index in [1.165, 1.54) is 0 Å². The van der Waals surface area contributed by atoms with Gasteiger partial charge in [0.05, 0.1) is 12.0 Å². The van der Waals surface area contributed by atoms with Crippen LogP contribution in [-0.2, 0) is 0 Å². The fourth-order valence-electron chi connectivity index (χ4n) is 2.62. The van der Waals surface area contributed by atoms with Crippen LogP contribution in [0.15, 0.2) is 24.3 Å². The number of hydrogen-bond donors (Lipinski definition) is 1. The molecule has 0 saturated heterocycles. The molecule has 0 aromatic heterocycles. The molecule has 0 aliphatic heterocycles. The average molecular weight is 282 g/mol. The number of nitriles is 1. The van der Waals surface area contributed by atoms with Crippen molar-refractivity contribution in [2.24, 2.45) is 5.92 Å². The number of nitrogens with zero attached hydrogens (tertiary/aromatic N) is 1. The molecule has 0 heterocycles. The summed E-state index contributed by atoms with van der Waals surface area (Å²) in [5, 5.41) is 12.5. The Hall–Kier alpha value is -1.70. The van der Waals surface area contributed by atoms with E-state index in [0.717, 1.165) is 11.3 Å². The molecule has 1 aromatic carbocycles. The van der Waals surface area contributed by atoms with Crippen molar-refractivity contribution < 1.29 is 13.2 Å². The first-order valence-electron chi connectivity index (χ1n) is 6.67. The van der Waals surface area contributed by atoms with Gasteiger partial charge in [0, 0.05) is 5.69 Å². The molecule has 20 heavy (non-hydrogen) atoms. The molecule has 5 heteroatoms. The van der Waals surface area contributed by atoms with E-state index >= 15 is 0 Å². The summed E-state index contributed by atoms with van der Waals surface area (Å²) in [5.41, 5.74) is 1.00. The van der Waals surface area contributed by atoms with Gasteiger partial charge in [-0.3, -0.25) is 0 Å². The lowest BCUT2D eigenvalue weighted by molar-refractivity contribution is -0.183. The average Bonchev–Trinajstić information content (AvgIpc) is 2.41. The molecular weight excluding hydrogens is 265 g/mol. The highest BCUT2D eigenvalue weighted by Crippen LogP contribution is 2.42. The summed E-state index contributed by atoms with van der Waals surface area (Å²) in [6, 6.07) is 9.70. The SMILES string of the molecule is Cc1ccc(NC2(C#N)CCC(C(F)(F)F)CC2)cc1. The Balaban J connectivity index is 2.06. The van der Waals surface area contributed by atoms with Gasteiger partial charge in [0.2, 0.25) is 0 Å². The summed E-state index contributed by atoms with van der Waals surface area (Å²) in [5.74, 6) is -1.27. The first-order valence-corrected chi connectivity index (χ1v) is 6.67. The van der Waals surface area contributed by atoms with E-state index in [4.69, 9.17) is 0 Å². The van der Waals surface area contributed by atoms with Crippen molar-refractivity contribution in [2.75, 3.05) is 5.32 Å². The quantitative estimate of drug-likeness (QED) is 0.871. The number of rotatable bonds is 2. The van der Waals surface area contributed by atoms with Crippen molar-refractivity contribution in [3.63, 3.8) is 0 Å². The van der Waals surface area contributed by atoms with Crippen LogP contribution in [0.4, 0.5) is 18.9 Å². The van der Waals surface area contributed by atoms with Crippen LogP contribution in [0.3, 0.4) is 0 Å². The van der Waals surface area contributed by atoms with E-state index < -0.39 is 17.6 Å². The zero-order valence-electron chi connectivity index (χ0n) is 11.3. The van der Waals surface area contributed by atoms with Gasteiger partial charge >= 0.3 is 6.18 Å². The highest BCUT2D eigenvalue weighted by Gasteiger charge is 2.46. The summed E-state index contributed by atoms with van der Waals surface area (Å²) >= 11 is 0. The van der Waals surface area contributed by atoms with Crippen LogP contribution < -0.4 is 5.32 Å². The summed E-state index contributed by atoms with van der Waals surface area (Å²) in [6.45, 7) is 1.96. The molecule has 1 aromatic rings. The molecule has 0 unspecified atom stereocenters. The number of alkyl halides is 3. The summed E-state index contributed by atoms with van der Waals surface area (Å²) in [7, 11) is 0. The largest absolute Gasteiger partial charge is 0.391 e. The minimum atomic E-state index is -4.15. The van der Waals surface area contributed by atoms with Crippen molar-refractivity contribution in [1.29, 1.82) is 5.26 Å². The minimum absolute atomic E-state index is 0.00984. The van der Waals surface area contributed by atoms with Crippen molar-refractivity contribution >= 4 is 5.69 Å². The molecule has 1 aliphatic rings. The summed E-state index contributed by atoms with van der Waals surface area (Å²) in [4.78, 5) is 0. The van der Waals surface area contributed by atoms with Crippen LogP contribution in [0.2, 0.25) is 0 Å². The van der Waals surface area contributed by atoms with Gasteiger partial charge in [-0.2, -0.15) is 18.4 Å². The monoisotopic (exact) mass is 282 g/mol. The van der Waals surface area contributed by atoms with Gasteiger partial charge in [0.25, 0.3) is 0 Å². The van der Waals surface area contributed by atoms with Crippen LogP contribution in [0.1, 0.15) is 31.2 Å². The number of aryl methyl sites for hydroxylation is 1. The standard InChI is InChI=1S/C15H17F3N2/c1-11-2-4-13(5-3-11)20-14(10-19)8-6-12(7-9-14)15(16,17)18/h2-5,12,20H,6-9H2,1H3. The lowest BCUT2D eigenvalue weighted by Gasteiger charge is -2.36. The molecule has 2 nitrogen and oxygen atoms in total. The second-order valence-electron chi connectivity index (χ2n) is 5.50. The van der Waals surface area contributed by atoms with Gasteiger partial charge in [-0.1, -0.05) is 17.7 Å². The molecule has 0 atom stereocenters. The highest BCUT2D eigenvalue weighted by molar-refractivity contribution is 5.48. The van der Waals surface area contributed by atoms with Gasteiger partial charge in [0.1, 0.15) is 5.54 Å². The van der Waals surface area contributed by atoms with E-state index in [1.807, 2.05) is 31.2 Å². The van der Waals surface area contributed by atoms with E-state index in [0.29, 0.717) is 0 Å². The van der Waals surface area contributed by atoms with Crippen molar-refractivity contribution in [1.82, 2.24) is 0 Å². The van der Waals surface area contributed by atoms with Crippen molar-refractivity contribution in [2.45, 2.75) is 44.3 Å². The maximum Gasteiger partial charge on any atom is 0.391 e. The van der Waals surface area contributed by atoms with Crippen LogP contribution in [0.5, 0.6) is 0 Å². The smallest absolute Gasteiger partial charge is 0.367 e. The highest BCUT2D eigenvalue weighted by atomic mass is 19.4. The van der Waals surface area contributed by atoms with Crippen LogP contribution in [0, 0.1) is 24.2 Å². The number of anilines is 1. The number of nitrogens with one attached hydrogen (secondary N) is 1. The van der Waals surface area contributed by atoms with E-state index in [-0.39, 0.29) is 25.7 Å². The van der Waals surface area contributed by atoms with Gasteiger partial charge in [-0.25, -0.2) is 0 Å². The predicted octanol–water partition coefficient (Wildman–Crippen LogP) is 4.42. The zero-order valence-corrected chi connectivity index (χ0v) is 11.3. The molecule has 1 fully saturated rings. The van der Waals surface area contributed by atoms with E-state index in [2.05, 4.69) is 11.4 Å². The van der Waals surface area contributed by atoms with Gasteiger partial charge in [-0.15, -0.1) is 0 Å². The van der Waals surface area contributed by atoms with Crippen LogP contribution >= 0.6 is 0 Å². The first kappa shape index (κ1) is 14.7. The third kappa shape index (κ3) is 3.24. The predicted molar refractivity (Wildman–Crippen MR) is 71.2 cm³/mol. The third-order valence-corrected chi connectivity index (χ3v) is 3.95. The maximum atomic E-state index is 12.7. The number of hydrogen-bond acceptors (Lipinski definition) is 2. The number of benzene rings is 1. The Morgan fingerprint density at radius 1 is 1.20 bits per heavy atom. The van der Waals surface area contributed by atoms with Gasteiger partial charge < -0.3 is 5.32 Å². The molecule has 2 rings (SSSR count). The van der Waals surface area contributed by atoms with Gasteiger partial charge in [-0.05, 0) is 44.7 Å². The fraction of sp³-hybridized carbons (Fsp3) is 0.533. The Bertz CT molecular complexity index is 491. The normalized spacial score (nSPS) is 26.9.